The van der Waals surface area contributed by atoms with Crippen molar-refractivity contribution >= 4 is 5.96 Å². The first-order valence-electron chi connectivity index (χ1n) is 9.58. The van der Waals surface area contributed by atoms with Crippen molar-refractivity contribution in [1.82, 2.24) is 15.5 Å². The Morgan fingerprint density at radius 2 is 1.96 bits per heavy atom. The van der Waals surface area contributed by atoms with E-state index in [1.807, 2.05) is 0 Å². The van der Waals surface area contributed by atoms with E-state index < -0.39 is 0 Å². The summed E-state index contributed by atoms with van der Waals surface area (Å²) in [6.45, 7) is 3.48. The van der Waals surface area contributed by atoms with Gasteiger partial charge in [0.25, 0.3) is 0 Å². The first-order chi connectivity index (χ1) is 11.3. The summed E-state index contributed by atoms with van der Waals surface area (Å²) in [6.07, 6.45) is 10.6. The van der Waals surface area contributed by atoms with Crippen LogP contribution >= 0.6 is 0 Å². The molecule has 3 atom stereocenters. The number of rotatable bonds is 1. The van der Waals surface area contributed by atoms with E-state index in [0.717, 1.165) is 12.5 Å². The Bertz CT molecular complexity index is 560. The van der Waals surface area contributed by atoms with Gasteiger partial charge in [-0.05, 0) is 55.4 Å². The number of hydrogen-bond donors (Lipinski definition) is 3. The number of likely N-dealkylation sites (tertiary alicyclic amines) is 1. The fraction of sp³-hybridized carbons (Fsp3) is 0.833. The lowest BCUT2D eigenvalue weighted by Gasteiger charge is -2.45. The Morgan fingerprint density at radius 1 is 1.13 bits per heavy atom. The molecule has 4 fully saturated rings. The molecule has 5 rings (SSSR count). The second kappa shape index (κ2) is 5.13. The second-order valence-electron chi connectivity index (χ2n) is 8.31. The molecule has 23 heavy (non-hydrogen) atoms. The van der Waals surface area contributed by atoms with E-state index in [1.165, 1.54) is 70.3 Å². The minimum atomic E-state index is 0.350. The van der Waals surface area contributed by atoms with Gasteiger partial charge in [-0.15, -0.1) is 0 Å². The first kappa shape index (κ1) is 14.1. The van der Waals surface area contributed by atoms with Gasteiger partial charge in [-0.1, -0.05) is 12.8 Å². The predicted molar refractivity (Wildman–Crippen MR) is 91.8 cm³/mol. The molecule has 5 aliphatic rings. The van der Waals surface area contributed by atoms with E-state index in [4.69, 9.17) is 10.7 Å². The van der Waals surface area contributed by atoms with Crippen molar-refractivity contribution in [2.45, 2.75) is 63.5 Å². The molecule has 0 amide bonds. The maximum absolute atomic E-state index is 6.25. The van der Waals surface area contributed by atoms with Crippen LogP contribution in [0.15, 0.2) is 16.4 Å². The molecule has 4 N–H and O–H groups in total. The van der Waals surface area contributed by atoms with Crippen molar-refractivity contribution in [1.29, 1.82) is 0 Å². The van der Waals surface area contributed by atoms with Crippen molar-refractivity contribution in [2.24, 2.45) is 22.1 Å². The normalized spacial score (nSPS) is 38.5. The number of aliphatic imine (C=N–C) groups is 1. The lowest BCUT2D eigenvalue weighted by molar-refractivity contribution is 0.187. The van der Waals surface area contributed by atoms with Crippen LogP contribution in [0.2, 0.25) is 0 Å². The van der Waals surface area contributed by atoms with Crippen molar-refractivity contribution in [3.8, 4) is 0 Å². The van der Waals surface area contributed by atoms with Crippen LogP contribution in [-0.4, -0.2) is 42.6 Å². The number of nitrogens with one attached hydrogen (secondary N) is 2. The van der Waals surface area contributed by atoms with E-state index in [2.05, 4.69) is 15.5 Å². The summed E-state index contributed by atoms with van der Waals surface area (Å²) < 4.78 is 0. The highest BCUT2D eigenvalue weighted by Gasteiger charge is 2.49. The Hall–Kier alpha value is -1.23. The van der Waals surface area contributed by atoms with Crippen molar-refractivity contribution in [3.05, 3.63) is 11.4 Å². The van der Waals surface area contributed by atoms with Crippen molar-refractivity contribution in [3.63, 3.8) is 0 Å². The quantitative estimate of drug-likeness (QED) is 0.686. The zero-order valence-electron chi connectivity index (χ0n) is 14.0. The SMILES string of the molecule is NC1=NC2C(=C(N3CC[C@H]4CNC[C@H]43)N1)CCCC21CCCC1. The van der Waals surface area contributed by atoms with E-state index in [-0.39, 0.29) is 0 Å². The van der Waals surface area contributed by atoms with E-state index >= 15 is 0 Å². The van der Waals surface area contributed by atoms with Gasteiger partial charge in [0, 0.05) is 25.7 Å². The number of hydrogen-bond acceptors (Lipinski definition) is 5. The highest BCUT2D eigenvalue weighted by atomic mass is 15.3. The fourth-order valence-electron chi connectivity index (χ4n) is 6.10. The molecule has 0 aromatic carbocycles. The van der Waals surface area contributed by atoms with Crippen LogP contribution in [0.1, 0.15) is 51.4 Å². The molecule has 5 nitrogen and oxygen atoms in total. The number of nitrogens with two attached hydrogens (primary N) is 1. The van der Waals surface area contributed by atoms with Crippen LogP contribution in [0.3, 0.4) is 0 Å². The molecule has 2 saturated heterocycles. The topological polar surface area (TPSA) is 65.7 Å². The monoisotopic (exact) mass is 315 g/mol. The third-order valence-electron chi connectivity index (χ3n) is 7.18. The van der Waals surface area contributed by atoms with Gasteiger partial charge in [-0.25, -0.2) is 4.99 Å². The van der Waals surface area contributed by atoms with Gasteiger partial charge < -0.3 is 21.3 Å². The van der Waals surface area contributed by atoms with Gasteiger partial charge in [0.05, 0.1) is 6.04 Å². The molecule has 0 radical (unpaired) electrons. The molecule has 3 aliphatic heterocycles. The highest BCUT2D eigenvalue weighted by Crippen LogP contribution is 2.53. The third-order valence-corrected chi connectivity index (χ3v) is 7.18. The van der Waals surface area contributed by atoms with E-state index in [0.29, 0.717) is 23.5 Å². The zero-order chi connectivity index (χ0) is 15.4. The highest BCUT2D eigenvalue weighted by molar-refractivity contribution is 5.81. The molecule has 2 saturated carbocycles. The summed E-state index contributed by atoms with van der Waals surface area (Å²) in [6, 6.07) is 1.00. The van der Waals surface area contributed by atoms with Crippen LogP contribution < -0.4 is 16.4 Å². The van der Waals surface area contributed by atoms with Crippen LogP contribution in [0.4, 0.5) is 0 Å². The number of fused-ring (bicyclic) bond motifs is 3. The summed E-state index contributed by atoms with van der Waals surface area (Å²) in [5.41, 5.74) is 8.23. The summed E-state index contributed by atoms with van der Waals surface area (Å²) in [7, 11) is 0. The Balaban J connectivity index is 1.53. The molecule has 0 aromatic heterocycles. The third kappa shape index (κ3) is 2.05. The van der Waals surface area contributed by atoms with Gasteiger partial charge in [-0.2, -0.15) is 0 Å². The summed E-state index contributed by atoms with van der Waals surface area (Å²) in [5, 5.41) is 7.05. The lowest BCUT2D eigenvalue weighted by Crippen LogP contribution is -2.51. The van der Waals surface area contributed by atoms with E-state index in [9.17, 15) is 0 Å². The number of guanidine groups is 1. The predicted octanol–water partition coefficient (Wildman–Crippen LogP) is 1.52. The van der Waals surface area contributed by atoms with Crippen LogP contribution in [0, 0.1) is 11.3 Å². The van der Waals surface area contributed by atoms with Gasteiger partial charge in [0.1, 0.15) is 5.82 Å². The second-order valence-corrected chi connectivity index (χ2v) is 8.31. The molecule has 5 heteroatoms. The molecular weight excluding hydrogens is 286 g/mol. The van der Waals surface area contributed by atoms with Crippen LogP contribution in [0.25, 0.3) is 0 Å². The van der Waals surface area contributed by atoms with Gasteiger partial charge in [0.15, 0.2) is 5.96 Å². The Morgan fingerprint density at radius 3 is 2.83 bits per heavy atom. The standard InChI is InChI=1S/C18H29N5/c19-17-21-15-13(4-3-8-18(15)6-1-2-7-18)16(22-17)23-9-5-12-10-20-11-14(12)23/h12,14-15,20H,1-11H2,(H3,19,21,22)/t12-,14+,15?/m0/s1. The maximum Gasteiger partial charge on any atom is 0.194 e. The minimum Gasteiger partial charge on any atom is -0.370 e. The van der Waals surface area contributed by atoms with Gasteiger partial charge in [-0.3, -0.25) is 0 Å². The smallest absolute Gasteiger partial charge is 0.194 e. The molecule has 2 aliphatic carbocycles. The minimum absolute atomic E-state index is 0.350. The van der Waals surface area contributed by atoms with Crippen LogP contribution in [0.5, 0.6) is 0 Å². The maximum atomic E-state index is 6.25. The average Bonchev–Trinajstić information content (AvgIpc) is 3.24. The van der Waals surface area contributed by atoms with Crippen molar-refractivity contribution in [2.75, 3.05) is 19.6 Å². The first-order valence-corrected chi connectivity index (χ1v) is 9.58. The van der Waals surface area contributed by atoms with Gasteiger partial charge in [0.2, 0.25) is 0 Å². The lowest BCUT2D eigenvalue weighted by atomic mass is 9.66. The Kier molecular flexibility index (Phi) is 3.16. The molecule has 126 valence electrons. The molecule has 1 spiro atoms. The summed E-state index contributed by atoms with van der Waals surface area (Å²) in [5.74, 6) is 2.80. The molecular formula is C18H29N5. The zero-order valence-corrected chi connectivity index (χ0v) is 14.0. The average molecular weight is 315 g/mol. The summed E-state index contributed by atoms with van der Waals surface area (Å²) >= 11 is 0. The largest absolute Gasteiger partial charge is 0.370 e. The van der Waals surface area contributed by atoms with Crippen molar-refractivity contribution < 1.29 is 0 Å². The van der Waals surface area contributed by atoms with Gasteiger partial charge >= 0.3 is 0 Å². The molecule has 0 bridgehead atoms. The molecule has 0 aromatic rings. The molecule has 3 heterocycles. The number of nitrogens with zero attached hydrogens (tertiary/aromatic N) is 2. The summed E-state index contributed by atoms with van der Waals surface area (Å²) in [4.78, 5) is 7.56. The van der Waals surface area contributed by atoms with E-state index in [1.54, 1.807) is 5.57 Å². The fourth-order valence-corrected chi connectivity index (χ4v) is 6.10. The molecule has 1 unspecified atom stereocenters. The Labute approximate surface area is 138 Å². The van der Waals surface area contributed by atoms with Crippen LogP contribution in [-0.2, 0) is 0 Å².